The summed E-state index contributed by atoms with van der Waals surface area (Å²) in [6.45, 7) is 3.92. The van der Waals surface area contributed by atoms with Crippen molar-refractivity contribution < 1.29 is 19.4 Å². The fourth-order valence-corrected chi connectivity index (χ4v) is 3.20. The van der Waals surface area contributed by atoms with Crippen LogP contribution in [-0.4, -0.2) is 37.4 Å². The molecule has 0 saturated carbocycles. The van der Waals surface area contributed by atoms with Crippen molar-refractivity contribution in [1.82, 2.24) is 0 Å². The van der Waals surface area contributed by atoms with Crippen molar-refractivity contribution in [3.8, 4) is 0 Å². The molecule has 7 nitrogen and oxygen atoms in total. The molecule has 0 radical (unpaired) electrons. The zero-order valence-electron chi connectivity index (χ0n) is 17.2. The molecule has 1 aliphatic rings. The van der Waals surface area contributed by atoms with Crippen LogP contribution < -0.4 is 4.90 Å². The van der Waals surface area contributed by atoms with E-state index in [4.69, 9.17) is 9.47 Å². The van der Waals surface area contributed by atoms with Gasteiger partial charge >= 0.3 is 5.97 Å². The molecular formula is C23H27N3O4. The lowest BCUT2D eigenvalue weighted by Crippen LogP contribution is -2.17. The SMILES string of the molecule is CCOC(=O)C(N=Nc1ccccc1N1CCCC1)=C(O)COCc1ccccc1. The highest BCUT2D eigenvalue weighted by Crippen LogP contribution is 2.31. The molecule has 1 aliphatic heterocycles. The number of esters is 1. The molecule has 0 atom stereocenters. The van der Waals surface area contributed by atoms with E-state index in [9.17, 15) is 9.90 Å². The zero-order valence-corrected chi connectivity index (χ0v) is 17.2. The number of rotatable bonds is 9. The van der Waals surface area contributed by atoms with Crippen LogP contribution in [0.2, 0.25) is 0 Å². The summed E-state index contributed by atoms with van der Waals surface area (Å²) in [6, 6.07) is 17.2. The van der Waals surface area contributed by atoms with Gasteiger partial charge in [0.1, 0.15) is 12.3 Å². The van der Waals surface area contributed by atoms with Gasteiger partial charge in [0, 0.05) is 13.1 Å². The maximum Gasteiger partial charge on any atom is 0.362 e. The quantitative estimate of drug-likeness (QED) is 0.275. The molecule has 1 N–H and O–H groups in total. The number of hydrogen-bond donors (Lipinski definition) is 1. The number of anilines is 1. The number of benzene rings is 2. The van der Waals surface area contributed by atoms with Gasteiger partial charge in [0.15, 0.2) is 5.76 Å². The number of carbonyl (C=O) groups is 1. The lowest BCUT2D eigenvalue weighted by molar-refractivity contribution is -0.138. The first-order valence-electron chi connectivity index (χ1n) is 10.2. The number of hydrogen-bond acceptors (Lipinski definition) is 7. The van der Waals surface area contributed by atoms with Crippen LogP contribution in [0.4, 0.5) is 11.4 Å². The van der Waals surface area contributed by atoms with Gasteiger partial charge in [-0.05, 0) is 37.5 Å². The minimum absolute atomic E-state index is 0.167. The lowest BCUT2D eigenvalue weighted by Gasteiger charge is -2.18. The standard InChI is InChI=1S/C23H27N3O4/c1-2-30-23(28)22(21(27)17-29-16-18-10-4-3-5-11-18)25-24-19-12-6-7-13-20(19)26-14-8-9-15-26/h3-7,10-13,27H,2,8-9,14-17H2,1H3. The normalized spacial score (nSPS) is 14.8. The Morgan fingerprint density at radius 3 is 2.50 bits per heavy atom. The van der Waals surface area contributed by atoms with Crippen molar-refractivity contribution in [2.45, 2.75) is 26.4 Å². The van der Waals surface area contributed by atoms with E-state index >= 15 is 0 Å². The van der Waals surface area contributed by atoms with Crippen LogP contribution in [0.25, 0.3) is 0 Å². The number of ether oxygens (including phenoxy) is 2. The van der Waals surface area contributed by atoms with Crippen molar-refractivity contribution in [1.29, 1.82) is 0 Å². The highest BCUT2D eigenvalue weighted by atomic mass is 16.5. The maximum absolute atomic E-state index is 12.3. The number of azo groups is 1. The number of carbonyl (C=O) groups excluding carboxylic acids is 1. The van der Waals surface area contributed by atoms with E-state index in [2.05, 4.69) is 15.1 Å². The third kappa shape index (κ3) is 5.90. The van der Waals surface area contributed by atoms with E-state index in [0.29, 0.717) is 12.3 Å². The molecule has 0 aliphatic carbocycles. The molecule has 1 fully saturated rings. The van der Waals surface area contributed by atoms with Gasteiger partial charge in [-0.2, -0.15) is 0 Å². The minimum Gasteiger partial charge on any atom is -0.507 e. The van der Waals surface area contributed by atoms with Gasteiger partial charge < -0.3 is 19.5 Å². The Hall–Kier alpha value is -3.19. The monoisotopic (exact) mass is 409 g/mol. The summed E-state index contributed by atoms with van der Waals surface area (Å²) in [5, 5.41) is 18.7. The van der Waals surface area contributed by atoms with Crippen LogP contribution in [0.3, 0.4) is 0 Å². The Morgan fingerprint density at radius 2 is 1.77 bits per heavy atom. The van der Waals surface area contributed by atoms with E-state index in [1.165, 1.54) is 0 Å². The number of aliphatic hydroxyl groups is 1. The topological polar surface area (TPSA) is 83.7 Å². The van der Waals surface area contributed by atoms with E-state index < -0.39 is 5.97 Å². The van der Waals surface area contributed by atoms with Gasteiger partial charge in [0.05, 0.1) is 18.9 Å². The second kappa shape index (κ2) is 11.1. The van der Waals surface area contributed by atoms with Crippen molar-refractivity contribution in [3.05, 3.63) is 71.6 Å². The molecule has 30 heavy (non-hydrogen) atoms. The van der Waals surface area contributed by atoms with E-state index in [1.807, 2.05) is 54.6 Å². The van der Waals surface area contributed by atoms with Crippen LogP contribution in [0.5, 0.6) is 0 Å². The summed E-state index contributed by atoms with van der Waals surface area (Å²) in [7, 11) is 0. The maximum atomic E-state index is 12.3. The van der Waals surface area contributed by atoms with Crippen molar-refractivity contribution >= 4 is 17.3 Å². The van der Waals surface area contributed by atoms with Gasteiger partial charge in [-0.15, -0.1) is 10.2 Å². The van der Waals surface area contributed by atoms with Gasteiger partial charge in [0.2, 0.25) is 5.70 Å². The lowest BCUT2D eigenvalue weighted by atomic mass is 10.2. The van der Waals surface area contributed by atoms with Crippen molar-refractivity contribution in [2.75, 3.05) is 31.2 Å². The average molecular weight is 409 g/mol. The molecular weight excluding hydrogens is 382 g/mol. The van der Waals surface area contributed by atoms with Crippen LogP contribution in [0.1, 0.15) is 25.3 Å². The molecule has 7 heteroatoms. The highest BCUT2D eigenvalue weighted by molar-refractivity contribution is 5.88. The molecule has 0 spiro atoms. The van der Waals surface area contributed by atoms with Crippen LogP contribution in [0, 0.1) is 0 Å². The molecule has 2 aromatic rings. The first kappa shape index (κ1) is 21.5. The largest absolute Gasteiger partial charge is 0.507 e. The molecule has 0 unspecified atom stereocenters. The second-order valence-electron chi connectivity index (χ2n) is 6.88. The Balaban J connectivity index is 1.76. The van der Waals surface area contributed by atoms with Gasteiger partial charge in [-0.25, -0.2) is 4.79 Å². The Kier molecular flexibility index (Phi) is 7.97. The molecule has 0 bridgehead atoms. The molecule has 0 aromatic heterocycles. The summed E-state index contributed by atoms with van der Waals surface area (Å²) in [5.41, 5.74) is 2.31. The number of para-hydroxylation sites is 1. The predicted molar refractivity (Wildman–Crippen MR) is 115 cm³/mol. The Bertz CT molecular complexity index is 890. The fourth-order valence-electron chi connectivity index (χ4n) is 3.20. The second-order valence-corrected chi connectivity index (χ2v) is 6.88. The molecule has 158 valence electrons. The summed E-state index contributed by atoms with van der Waals surface area (Å²) < 4.78 is 10.6. The molecule has 3 rings (SSSR count). The van der Waals surface area contributed by atoms with Crippen LogP contribution in [-0.2, 0) is 20.9 Å². The number of nitrogens with zero attached hydrogens (tertiary/aromatic N) is 3. The zero-order chi connectivity index (χ0) is 21.2. The third-order valence-corrected chi connectivity index (χ3v) is 4.68. The van der Waals surface area contributed by atoms with E-state index in [1.54, 1.807) is 6.92 Å². The van der Waals surface area contributed by atoms with Crippen LogP contribution in [0.15, 0.2) is 76.3 Å². The predicted octanol–water partition coefficient (Wildman–Crippen LogP) is 4.92. The molecule has 2 aromatic carbocycles. The summed E-state index contributed by atoms with van der Waals surface area (Å²) in [4.78, 5) is 14.6. The Labute approximate surface area is 176 Å². The smallest absolute Gasteiger partial charge is 0.362 e. The fraction of sp³-hybridized carbons (Fsp3) is 0.348. The van der Waals surface area contributed by atoms with Crippen LogP contribution >= 0.6 is 0 Å². The first-order valence-corrected chi connectivity index (χ1v) is 10.2. The molecule has 0 amide bonds. The summed E-state index contributed by atoms with van der Waals surface area (Å²) in [6.07, 6.45) is 2.28. The van der Waals surface area contributed by atoms with Gasteiger partial charge in [0.25, 0.3) is 0 Å². The summed E-state index contributed by atoms with van der Waals surface area (Å²) in [5.74, 6) is -1.05. The van der Waals surface area contributed by atoms with E-state index in [0.717, 1.165) is 37.2 Å². The van der Waals surface area contributed by atoms with Crippen molar-refractivity contribution in [2.24, 2.45) is 10.2 Å². The summed E-state index contributed by atoms with van der Waals surface area (Å²) >= 11 is 0. The third-order valence-electron chi connectivity index (χ3n) is 4.68. The first-order chi connectivity index (χ1) is 14.7. The van der Waals surface area contributed by atoms with E-state index in [-0.39, 0.29) is 24.7 Å². The van der Waals surface area contributed by atoms with Gasteiger partial charge in [-0.3, -0.25) is 0 Å². The molecule has 1 saturated heterocycles. The minimum atomic E-state index is -0.735. The highest BCUT2D eigenvalue weighted by Gasteiger charge is 2.19. The van der Waals surface area contributed by atoms with Gasteiger partial charge in [-0.1, -0.05) is 42.5 Å². The number of aliphatic hydroxyl groups excluding tert-OH is 1. The van der Waals surface area contributed by atoms with Crippen molar-refractivity contribution in [3.63, 3.8) is 0 Å². The Morgan fingerprint density at radius 1 is 1.07 bits per heavy atom. The molecule has 1 heterocycles. The average Bonchev–Trinajstić information content (AvgIpc) is 3.30.